The molecular formula is C33H28FNO. The fourth-order valence-corrected chi connectivity index (χ4v) is 5.36. The molecule has 0 fully saturated rings. The van der Waals surface area contributed by atoms with Crippen LogP contribution in [0.25, 0.3) is 38.9 Å². The number of rotatable bonds is 2. The average Bonchev–Trinajstić information content (AvgIpc) is 3.24. The molecule has 1 aliphatic rings. The van der Waals surface area contributed by atoms with Gasteiger partial charge in [0, 0.05) is 5.56 Å². The van der Waals surface area contributed by atoms with Crippen molar-refractivity contribution in [3.8, 4) is 11.1 Å². The minimum Gasteiger partial charge on any atom is -0.281 e. The van der Waals surface area contributed by atoms with Crippen LogP contribution in [0.1, 0.15) is 48.8 Å². The topological polar surface area (TPSA) is 14.3 Å². The van der Waals surface area contributed by atoms with E-state index in [1.54, 1.807) is 0 Å². The third-order valence-electron chi connectivity index (χ3n) is 7.22. The van der Waals surface area contributed by atoms with Gasteiger partial charge in [0.2, 0.25) is 6.04 Å². The normalized spacial score (nSPS) is 13.6. The van der Waals surface area contributed by atoms with Crippen LogP contribution in [0.3, 0.4) is 0 Å². The van der Waals surface area contributed by atoms with Crippen molar-refractivity contribution in [2.45, 2.75) is 33.1 Å². The molecule has 0 saturated carbocycles. The first kappa shape index (κ1) is 22.4. The Hall–Kier alpha value is -4.11. The molecule has 0 saturated heterocycles. The van der Waals surface area contributed by atoms with Crippen LogP contribution in [0.15, 0.2) is 83.4 Å². The summed E-state index contributed by atoms with van der Waals surface area (Å²) in [7, 11) is 0. The van der Waals surface area contributed by atoms with Crippen molar-refractivity contribution < 1.29 is 13.4 Å². The molecule has 178 valence electrons. The van der Waals surface area contributed by atoms with Gasteiger partial charge in [-0.25, -0.2) is 4.39 Å². The van der Waals surface area contributed by atoms with Gasteiger partial charge in [-0.2, -0.15) is 0 Å². The minimum absolute atomic E-state index is 0.0630. The first-order valence-corrected chi connectivity index (χ1v) is 12.2. The van der Waals surface area contributed by atoms with E-state index in [0.717, 1.165) is 33.7 Å². The molecule has 0 bridgehead atoms. The molecule has 2 heterocycles. The van der Waals surface area contributed by atoms with Gasteiger partial charge >= 0.3 is 11.3 Å². The standard InChI is InChI=1S/C33H28FNO/c1-20-22-13-9-10-14-24(22)28(33(2,3)4)19-27(20)30-32-26(17-18-35(30)5)25-16-15-23(29(34)31(25)36-32)21-11-7-6-8-12-21/h6-19H,5H2,1-4H3. The highest BCUT2D eigenvalue weighted by Crippen LogP contribution is 2.44. The predicted octanol–water partition coefficient (Wildman–Crippen LogP) is 8.62. The number of furan rings is 1. The number of nitrogens with zero attached hydrogens (tertiary/aromatic N) is 1. The summed E-state index contributed by atoms with van der Waals surface area (Å²) >= 11 is 0. The van der Waals surface area contributed by atoms with Gasteiger partial charge < -0.3 is 0 Å². The summed E-state index contributed by atoms with van der Waals surface area (Å²) in [5.74, 6) is 0.298. The Morgan fingerprint density at radius 2 is 1.61 bits per heavy atom. The summed E-state index contributed by atoms with van der Waals surface area (Å²) in [6.45, 7) is 13.1. The lowest BCUT2D eigenvalue weighted by Crippen LogP contribution is -2.21. The number of hydrogen-bond acceptors (Lipinski definition) is 0. The van der Waals surface area contributed by atoms with E-state index in [-0.39, 0.29) is 16.8 Å². The molecular weight excluding hydrogens is 445 g/mol. The molecule has 0 aliphatic carbocycles. The number of aryl methyl sites for hydroxylation is 1. The monoisotopic (exact) mass is 473 g/mol. The molecule has 6 rings (SSSR count). The van der Waals surface area contributed by atoms with E-state index < -0.39 is 0 Å². The third-order valence-corrected chi connectivity index (χ3v) is 7.22. The second-order valence-electron chi connectivity index (χ2n) is 10.5. The van der Waals surface area contributed by atoms with Crippen molar-refractivity contribution in [1.82, 2.24) is 0 Å². The Morgan fingerprint density at radius 1 is 0.917 bits per heavy atom. The lowest BCUT2D eigenvalue weighted by Gasteiger charge is -2.28. The first-order chi connectivity index (χ1) is 17.3. The molecule has 36 heavy (non-hydrogen) atoms. The average molecular weight is 474 g/mol. The van der Waals surface area contributed by atoms with Gasteiger partial charge in [-0.15, -0.1) is 12.1 Å². The van der Waals surface area contributed by atoms with Gasteiger partial charge in [0.1, 0.15) is 6.20 Å². The summed E-state index contributed by atoms with van der Waals surface area (Å²) in [6, 6.07) is 25.0. The molecule has 3 heteroatoms. The second kappa shape index (κ2) is 7.96. The van der Waals surface area contributed by atoms with Gasteiger partial charge in [0.15, 0.2) is 5.82 Å². The Balaban J connectivity index is 1.61. The van der Waals surface area contributed by atoms with Crippen molar-refractivity contribution in [3.63, 3.8) is 0 Å². The molecule has 4 aromatic carbocycles. The molecule has 1 aliphatic heterocycles. The molecule has 0 unspecified atom stereocenters. The minimum atomic E-state index is -0.345. The van der Waals surface area contributed by atoms with Crippen LogP contribution in [0.5, 0.6) is 0 Å². The van der Waals surface area contributed by atoms with Gasteiger partial charge in [0.05, 0.1) is 6.72 Å². The fraction of sp³-hybridized carbons (Fsp3) is 0.152. The largest absolute Gasteiger partial charge is 0.318 e. The van der Waals surface area contributed by atoms with E-state index in [2.05, 4.69) is 64.7 Å². The second-order valence-corrected chi connectivity index (χ2v) is 10.5. The van der Waals surface area contributed by atoms with Crippen LogP contribution >= 0.6 is 0 Å². The molecule has 0 radical (unpaired) electrons. The van der Waals surface area contributed by atoms with Gasteiger partial charge in [0.25, 0.3) is 0 Å². The molecule has 0 N–H and O–H groups in total. The Kier molecular flexibility index (Phi) is 4.94. The van der Waals surface area contributed by atoms with E-state index in [1.807, 2.05) is 59.3 Å². The number of hydrogen-bond donors (Lipinski definition) is 0. The molecule has 0 amide bonds. The smallest absolute Gasteiger partial charge is 0.281 e. The predicted molar refractivity (Wildman–Crippen MR) is 147 cm³/mol. The summed E-state index contributed by atoms with van der Waals surface area (Å²) in [6.07, 6.45) is 3.89. The molecule has 0 atom stereocenters. The maximum Gasteiger partial charge on any atom is 0.318 e. The van der Waals surface area contributed by atoms with Crippen LogP contribution in [-0.2, 0) is 5.41 Å². The summed E-state index contributed by atoms with van der Waals surface area (Å²) in [5, 5.41) is 3.21. The van der Waals surface area contributed by atoms with Crippen molar-refractivity contribution in [1.29, 1.82) is 0 Å². The Labute approximate surface area is 211 Å². The zero-order valence-electron chi connectivity index (χ0n) is 21.0. The fourth-order valence-electron chi connectivity index (χ4n) is 5.36. The summed E-state index contributed by atoms with van der Waals surface area (Å²) in [4.78, 5) is 0. The lowest BCUT2D eigenvalue weighted by atomic mass is 9.79. The van der Waals surface area contributed by atoms with Crippen molar-refractivity contribution in [3.05, 3.63) is 119 Å². The highest BCUT2D eigenvalue weighted by Gasteiger charge is 2.37. The highest BCUT2D eigenvalue weighted by atomic mass is 19.1. The van der Waals surface area contributed by atoms with E-state index >= 15 is 4.39 Å². The zero-order valence-corrected chi connectivity index (χ0v) is 21.0. The quantitative estimate of drug-likeness (QED) is 0.142. The van der Waals surface area contributed by atoms with Crippen LogP contribution in [0.2, 0.25) is 0 Å². The van der Waals surface area contributed by atoms with Crippen molar-refractivity contribution >= 4 is 34.5 Å². The van der Waals surface area contributed by atoms with E-state index in [0.29, 0.717) is 11.3 Å². The van der Waals surface area contributed by atoms with Crippen LogP contribution < -0.4 is 0 Å². The van der Waals surface area contributed by atoms with Gasteiger partial charge in [-0.1, -0.05) is 99.5 Å². The molecule has 5 aromatic rings. The van der Waals surface area contributed by atoms with Crippen LogP contribution in [0.4, 0.5) is 4.39 Å². The number of fused-ring (bicyclic) bond motifs is 4. The van der Waals surface area contributed by atoms with Crippen molar-refractivity contribution in [2.24, 2.45) is 0 Å². The number of benzene rings is 4. The van der Waals surface area contributed by atoms with Crippen LogP contribution in [-0.4, -0.2) is 11.3 Å². The Morgan fingerprint density at radius 3 is 2.33 bits per heavy atom. The maximum atomic E-state index is 15.8. The number of halogens is 1. The Bertz CT molecular complexity index is 1700. The highest BCUT2D eigenvalue weighted by molar-refractivity contribution is 5.95. The molecule has 0 spiro atoms. The first-order valence-electron chi connectivity index (χ1n) is 12.2. The third kappa shape index (κ3) is 3.30. The van der Waals surface area contributed by atoms with E-state index in [9.17, 15) is 0 Å². The maximum absolute atomic E-state index is 15.8. The van der Waals surface area contributed by atoms with Gasteiger partial charge in [-0.3, -0.25) is 8.99 Å². The van der Waals surface area contributed by atoms with E-state index in [1.165, 1.54) is 16.3 Å². The van der Waals surface area contributed by atoms with Crippen LogP contribution in [0, 0.1) is 18.8 Å². The van der Waals surface area contributed by atoms with E-state index in [4.69, 9.17) is 4.42 Å². The summed E-state index contributed by atoms with van der Waals surface area (Å²) < 4.78 is 24.0. The molecule has 1 aromatic heterocycles. The lowest BCUT2D eigenvalue weighted by molar-refractivity contribution is -0.420. The SMILES string of the molecule is C=[N+]1C=Cc2c([o+][c-]3c(F)c(-c4ccccc4)ccc23)[C-]1c1cc(C(C)(C)C)c2ccccc2c1C. The van der Waals surface area contributed by atoms with Crippen molar-refractivity contribution in [2.75, 3.05) is 0 Å². The summed E-state index contributed by atoms with van der Waals surface area (Å²) in [5.41, 5.74) is 5.89. The zero-order chi connectivity index (χ0) is 25.2. The molecule has 2 nitrogen and oxygen atoms in total. The van der Waals surface area contributed by atoms with Gasteiger partial charge in [-0.05, 0) is 44.3 Å².